The fourth-order valence-corrected chi connectivity index (χ4v) is 2.82. The predicted molar refractivity (Wildman–Crippen MR) is 84.6 cm³/mol. The van der Waals surface area contributed by atoms with E-state index in [-0.39, 0.29) is 11.8 Å². The van der Waals surface area contributed by atoms with E-state index in [1.165, 1.54) is 17.6 Å². The van der Waals surface area contributed by atoms with E-state index in [2.05, 4.69) is 44.6 Å². The lowest BCUT2D eigenvalue weighted by Gasteiger charge is -2.20. The van der Waals surface area contributed by atoms with Gasteiger partial charge >= 0.3 is 0 Å². The molecular weight excluding hydrogens is 278 g/mol. The lowest BCUT2D eigenvalue weighted by molar-refractivity contribution is -0.124. The maximum Gasteiger partial charge on any atom is 0.224 e. The summed E-state index contributed by atoms with van der Waals surface area (Å²) in [5.74, 6) is -0.0597. The molecule has 6 heteroatoms. The van der Waals surface area contributed by atoms with Crippen LogP contribution in [0.1, 0.15) is 12.5 Å². The molecule has 1 atom stereocenters. The number of para-hydroxylation sites is 1. The van der Waals surface area contributed by atoms with Gasteiger partial charge in [-0.15, -0.1) is 0 Å². The zero-order valence-corrected chi connectivity index (χ0v) is 12.8. The normalized spacial score (nSPS) is 14.7. The van der Waals surface area contributed by atoms with Crippen LogP contribution >= 0.6 is 0 Å². The molecule has 2 aromatic rings. The van der Waals surface area contributed by atoms with Crippen molar-refractivity contribution in [1.82, 2.24) is 20.1 Å². The number of amides is 1. The van der Waals surface area contributed by atoms with Gasteiger partial charge in [-0.3, -0.25) is 9.48 Å². The van der Waals surface area contributed by atoms with E-state index < -0.39 is 0 Å². The first-order valence-corrected chi connectivity index (χ1v) is 7.67. The van der Waals surface area contributed by atoms with Crippen LogP contribution in [0.15, 0.2) is 36.9 Å². The third-order valence-corrected chi connectivity index (χ3v) is 4.04. The Balaban J connectivity index is 1.44. The molecule has 0 saturated carbocycles. The Morgan fingerprint density at radius 2 is 2.27 bits per heavy atom. The van der Waals surface area contributed by atoms with Gasteiger partial charge in [0.05, 0.1) is 12.5 Å². The zero-order valence-electron chi connectivity index (χ0n) is 12.8. The van der Waals surface area contributed by atoms with Crippen LogP contribution in [0.25, 0.3) is 0 Å². The second-order valence-corrected chi connectivity index (χ2v) is 5.68. The summed E-state index contributed by atoms with van der Waals surface area (Å²) in [7, 11) is 0. The largest absolute Gasteiger partial charge is 0.369 e. The highest BCUT2D eigenvalue weighted by molar-refractivity contribution is 5.78. The van der Waals surface area contributed by atoms with E-state index in [0.717, 1.165) is 19.5 Å². The van der Waals surface area contributed by atoms with Crippen LogP contribution in [0.2, 0.25) is 0 Å². The maximum absolute atomic E-state index is 12.1. The van der Waals surface area contributed by atoms with Gasteiger partial charge in [0.1, 0.15) is 12.7 Å². The molecule has 1 aromatic heterocycles. The molecule has 116 valence electrons. The van der Waals surface area contributed by atoms with Crippen LogP contribution in [-0.2, 0) is 17.8 Å². The van der Waals surface area contributed by atoms with Crippen LogP contribution in [0.3, 0.4) is 0 Å². The van der Waals surface area contributed by atoms with Gasteiger partial charge in [-0.2, -0.15) is 5.10 Å². The first-order valence-electron chi connectivity index (χ1n) is 7.67. The average molecular weight is 299 g/mol. The van der Waals surface area contributed by atoms with E-state index in [4.69, 9.17) is 0 Å². The van der Waals surface area contributed by atoms with Crippen LogP contribution in [0, 0.1) is 5.92 Å². The summed E-state index contributed by atoms with van der Waals surface area (Å²) in [5.41, 5.74) is 2.70. The number of hydrogen-bond acceptors (Lipinski definition) is 4. The quantitative estimate of drug-likeness (QED) is 0.867. The number of fused-ring (bicyclic) bond motifs is 1. The van der Waals surface area contributed by atoms with Crippen LogP contribution in [0.4, 0.5) is 5.69 Å². The Kier molecular flexibility index (Phi) is 4.37. The van der Waals surface area contributed by atoms with E-state index in [1.807, 2.05) is 6.92 Å². The second-order valence-electron chi connectivity index (χ2n) is 5.68. The molecule has 1 aliphatic rings. The van der Waals surface area contributed by atoms with E-state index in [9.17, 15) is 4.79 Å². The Hall–Kier alpha value is -2.37. The van der Waals surface area contributed by atoms with E-state index in [1.54, 1.807) is 11.0 Å². The number of hydrogen-bond donors (Lipinski definition) is 1. The molecule has 6 nitrogen and oxygen atoms in total. The molecule has 1 amide bonds. The van der Waals surface area contributed by atoms with Crippen LogP contribution in [0.5, 0.6) is 0 Å². The molecule has 1 aliphatic heterocycles. The number of carbonyl (C=O) groups is 1. The Morgan fingerprint density at radius 3 is 3.09 bits per heavy atom. The number of aromatic nitrogens is 3. The molecule has 1 unspecified atom stereocenters. The van der Waals surface area contributed by atoms with Gasteiger partial charge in [0.2, 0.25) is 5.91 Å². The predicted octanol–water partition coefficient (Wildman–Crippen LogP) is 1.09. The van der Waals surface area contributed by atoms with Gasteiger partial charge in [-0.25, -0.2) is 4.98 Å². The minimum absolute atomic E-state index is 0.0583. The summed E-state index contributed by atoms with van der Waals surface area (Å²) in [6, 6.07) is 8.47. The fourth-order valence-electron chi connectivity index (χ4n) is 2.82. The van der Waals surface area contributed by atoms with E-state index >= 15 is 0 Å². The highest BCUT2D eigenvalue weighted by Crippen LogP contribution is 2.26. The van der Waals surface area contributed by atoms with Crippen molar-refractivity contribution < 1.29 is 4.79 Å². The first kappa shape index (κ1) is 14.6. The van der Waals surface area contributed by atoms with Gasteiger partial charge < -0.3 is 10.2 Å². The molecule has 0 bridgehead atoms. The molecule has 22 heavy (non-hydrogen) atoms. The fraction of sp³-hybridized carbons (Fsp3) is 0.438. The van der Waals surface area contributed by atoms with Crippen molar-refractivity contribution in [3.05, 3.63) is 42.5 Å². The highest BCUT2D eigenvalue weighted by atomic mass is 16.1. The van der Waals surface area contributed by atoms with Crippen molar-refractivity contribution >= 4 is 11.6 Å². The third-order valence-electron chi connectivity index (χ3n) is 4.04. The van der Waals surface area contributed by atoms with Crippen LogP contribution < -0.4 is 10.2 Å². The standard InChI is InChI=1S/C16H21N5O/c1-13(10-21-12-17-11-19-21)16(22)18-7-9-20-8-6-14-4-2-3-5-15(14)20/h2-5,11-13H,6-10H2,1H3,(H,18,22). The summed E-state index contributed by atoms with van der Waals surface area (Å²) < 4.78 is 1.68. The average Bonchev–Trinajstić information content (AvgIpc) is 3.17. The molecule has 1 N–H and O–H groups in total. The molecule has 1 aromatic carbocycles. The summed E-state index contributed by atoms with van der Waals surface area (Å²) >= 11 is 0. The summed E-state index contributed by atoms with van der Waals surface area (Å²) in [5, 5.41) is 7.03. The maximum atomic E-state index is 12.1. The van der Waals surface area contributed by atoms with Crippen molar-refractivity contribution in [3.63, 3.8) is 0 Å². The number of carbonyl (C=O) groups excluding carboxylic acids is 1. The molecule has 2 heterocycles. The molecule has 3 rings (SSSR count). The Labute approximate surface area is 130 Å². The summed E-state index contributed by atoms with van der Waals surface area (Å²) in [6.07, 6.45) is 4.20. The number of benzene rings is 1. The van der Waals surface area contributed by atoms with Crippen LogP contribution in [-0.4, -0.2) is 40.3 Å². The number of anilines is 1. The van der Waals surface area contributed by atoms with Crippen molar-refractivity contribution in [1.29, 1.82) is 0 Å². The monoisotopic (exact) mass is 299 g/mol. The molecule has 0 spiro atoms. The minimum atomic E-state index is -0.118. The molecule has 0 saturated heterocycles. The van der Waals surface area contributed by atoms with Gasteiger partial charge in [0, 0.05) is 25.3 Å². The minimum Gasteiger partial charge on any atom is -0.369 e. The van der Waals surface area contributed by atoms with Gasteiger partial charge in [-0.1, -0.05) is 25.1 Å². The first-order chi connectivity index (χ1) is 10.7. The van der Waals surface area contributed by atoms with Gasteiger partial charge in [-0.05, 0) is 18.1 Å². The Bertz CT molecular complexity index is 625. The molecule has 0 fully saturated rings. The number of nitrogens with one attached hydrogen (secondary N) is 1. The topological polar surface area (TPSA) is 63.1 Å². The lowest BCUT2D eigenvalue weighted by Crippen LogP contribution is -2.37. The molecular formula is C16H21N5O. The van der Waals surface area contributed by atoms with E-state index in [0.29, 0.717) is 13.1 Å². The molecule has 0 radical (unpaired) electrons. The smallest absolute Gasteiger partial charge is 0.224 e. The lowest BCUT2D eigenvalue weighted by atomic mass is 10.1. The zero-order chi connectivity index (χ0) is 15.4. The SMILES string of the molecule is CC(Cn1cncn1)C(=O)NCCN1CCc2ccccc21. The molecule has 0 aliphatic carbocycles. The van der Waals surface area contributed by atoms with Gasteiger partial charge in [0.25, 0.3) is 0 Å². The van der Waals surface area contributed by atoms with Crippen molar-refractivity contribution in [2.75, 3.05) is 24.5 Å². The summed E-state index contributed by atoms with van der Waals surface area (Å²) in [6.45, 7) is 5.00. The second kappa shape index (κ2) is 6.60. The van der Waals surface area contributed by atoms with Gasteiger partial charge in [0.15, 0.2) is 0 Å². The van der Waals surface area contributed by atoms with Crippen molar-refractivity contribution in [2.45, 2.75) is 19.9 Å². The number of nitrogens with zero attached hydrogens (tertiary/aromatic N) is 4. The highest BCUT2D eigenvalue weighted by Gasteiger charge is 2.18. The van der Waals surface area contributed by atoms with Crippen molar-refractivity contribution in [2.24, 2.45) is 5.92 Å². The Morgan fingerprint density at radius 1 is 1.41 bits per heavy atom. The summed E-state index contributed by atoms with van der Waals surface area (Å²) in [4.78, 5) is 18.3. The number of rotatable bonds is 6. The third kappa shape index (κ3) is 3.27. The van der Waals surface area contributed by atoms with Crippen molar-refractivity contribution in [3.8, 4) is 0 Å².